The molecule has 0 saturated carbocycles. The topological polar surface area (TPSA) is 60.6 Å². The van der Waals surface area contributed by atoms with Gasteiger partial charge in [-0.3, -0.25) is 0 Å². The Bertz CT molecular complexity index is 655. The van der Waals surface area contributed by atoms with Gasteiger partial charge in [-0.05, 0) is 37.4 Å². The van der Waals surface area contributed by atoms with Crippen LogP contribution in [0, 0.1) is 0 Å². The highest BCUT2D eigenvalue weighted by molar-refractivity contribution is 5.95. The Labute approximate surface area is 118 Å². The largest absolute Gasteiger partial charge is 0.454 e. The molecule has 2 aromatic rings. The van der Waals surface area contributed by atoms with E-state index >= 15 is 0 Å². The maximum atomic E-state index is 5.86. The van der Waals surface area contributed by atoms with Crippen LogP contribution in [0.1, 0.15) is 13.8 Å². The summed E-state index contributed by atoms with van der Waals surface area (Å²) in [6, 6.07) is 5.96. The van der Waals surface area contributed by atoms with Crippen LogP contribution in [0.5, 0.6) is 11.5 Å². The van der Waals surface area contributed by atoms with E-state index in [1.54, 1.807) is 0 Å². The van der Waals surface area contributed by atoms with Gasteiger partial charge in [0.15, 0.2) is 11.5 Å². The smallest absolute Gasteiger partial charge is 0.231 e. The molecule has 0 amide bonds. The quantitative estimate of drug-likeness (QED) is 0.928. The normalized spacial score (nSPS) is 13.8. The minimum absolute atomic E-state index is 0.169. The number of fused-ring (bicyclic) bond motifs is 2. The number of benzene rings is 1. The minimum atomic E-state index is -0.169. The Balaban J connectivity index is 2.16. The van der Waals surface area contributed by atoms with Gasteiger partial charge in [0.1, 0.15) is 5.82 Å². The van der Waals surface area contributed by atoms with Crippen LogP contribution in [0.4, 0.5) is 5.82 Å². The summed E-state index contributed by atoms with van der Waals surface area (Å²) in [7, 11) is 2.01. The van der Waals surface area contributed by atoms with E-state index in [1.807, 2.05) is 31.4 Å². The molecule has 5 heteroatoms. The Hall–Kier alpha value is -2.01. The number of aromatic nitrogens is 1. The first-order chi connectivity index (χ1) is 9.53. The molecular formula is C15H19N3O2. The number of pyridine rings is 1. The molecule has 0 aliphatic carbocycles. The van der Waals surface area contributed by atoms with Crippen LogP contribution in [-0.2, 0) is 0 Å². The van der Waals surface area contributed by atoms with E-state index < -0.39 is 0 Å². The van der Waals surface area contributed by atoms with Crippen LogP contribution in [0.25, 0.3) is 10.8 Å². The van der Waals surface area contributed by atoms with Crippen molar-refractivity contribution < 1.29 is 9.47 Å². The third-order valence-corrected chi connectivity index (χ3v) is 3.96. The molecule has 1 aliphatic heterocycles. The highest BCUT2D eigenvalue weighted by Gasteiger charge is 2.25. The molecule has 0 fully saturated rings. The third kappa shape index (κ3) is 1.94. The first kappa shape index (κ1) is 13.0. The zero-order chi connectivity index (χ0) is 14.3. The van der Waals surface area contributed by atoms with Gasteiger partial charge in [0.25, 0.3) is 0 Å². The summed E-state index contributed by atoms with van der Waals surface area (Å²) in [5.74, 6) is 2.46. The molecule has 0 unspecified atom stereocenters. The molecule has 0 spiro atoms. The van der Waals surface area contributed by atoms with Crippen molar-refractivity contribution in [3.8, 4) is 11.5 Å². The van der Waals surface area contributed by atoms with Crippen LogP contribution >= 0.6 is 0 Å². The maximum absolute atomic E-state index is 5.86. The summed E-state index contributed by atoms with van der Waals surface area (Å²) < 4.78 is 10.9. The number of rotatable bonds is 3. The monoisotopic (exact) mass is 273 g/mol. The average molecular weight is 273 g/mol. The van der Waals surface area contributed by atoms with Gasteiger partial charge in [-0.25, -0.2) is 4.98 Å². The van der Waals surface area contributed by atoms with E-state index in [0.29, 0.717) is 6.54 Å². The summed E-state index contributed by atoms with van der Waals surface area (Å²) in [5, 5.41) is 2.12. The van der Waals surface area contributed by atoms with E-state index in [1.165, 1.54) is 0 Å². The molecule has 5 nitrogen and oxygen atoms in total. The van der Waals surface area contributed by atoms with Crippen LogP contribution in [0.2, 0.25) is 0 Å². The summed E-state index contributed by atoms with van der Waals surface area (Å²) in [5.41, 5.74) is 5.70. The van der Waals surface area contributed by atoms with Crippen molar-refractivity contribution in [3.05, 3.63) is 24.4 Å². The zero-order valence-corrected chi connectivity index (χ0v) is 12.0. The van der Waals surface area contributed by atoms with Crippen molar-refractivity contribution in [3.63, 3.8) is 0 Å². The second kappa shape index (κ2) is 4.52. The molecule has 20 heavy (non-hydrogen) atoms. The van der Waals surface area contributed by atoms with Gasteiger partial charge >= 0.3 is 0 Å². The van der Waals surface area contributed by atoms with Gasteiger partial charge < -0.3 is 20.1 Å². The van der Waals surface area contributed by atoms with E-state index in [2.05, 4.69) is 23.7 Å². The predicted molar refractivity (Wildman–Crippen MR) is 79.4 cm³/mol. The number of hydrogen-bond acceptors (Lipinski definition) is 5. The zero-order valence-electron chi connectivity index (χ0n) is 12.0. The van der Waals surface area contributed by atoms with Gasteiger partial charge in [0.05, 0.1) is 0 Å². The number of nitrogens with zero attached hydrogens (tertiary/aromatic N) is 2. The molecule has 1 aromatic carbocycles. The lowest BCUT2D eigenvalue weighted by molar-refractivity contribution is 0.174. The second-order valence-corrected chi connectivity index (χ2v) is 5.64. The number of nitrogens with two attached hydrogens (primary N) is 1. The number of likely N-dealkylation sites (N-methyl/N-ethyl adjacent to an activating group) is 1. The second-order valence-electron chi connectivity index (χ2n) is 5.64. The highest BCUT2D eigenvalue weighted by atomic mass is 16.7. The Morgan fingerprint density at radius 2 is 2.00 bits per heavy atom. The van der Waals surface area contributed by atoms with Crippen LogP contribution < -0.4 is 20.1 Å². The van der Waals surface area contributed by atoms with Gasteiger partial charge in [0, 0.05) is 30.7 Å². The van der Waals surface area contributed by atoms with Crippen LogP contribution in [0.3, 0.4) is 0 Å². The fourth-order valence-corrected chi connectivity index (χ4v) is 2.24. The van der Waals surface area contributed by atoms with E-state index in [4.69, 9.17) is 15.2 Å². The molecule has 0 bridgehead atoms. The van der Waals surface area contributed by atoms with E-state index in [9.17, 15) is 0 Å². The summed E-state index contributed by atoms with van der Waals surface area (Å²) in [6.07, 6.45) is 1.81. The number of ether oxygens (including phenoxy) is 2. The van der Waals surface area contributed by atoms with Crippen molar-refractivity contribution >= 4 is 16.6 Å². The van der Waals surface area contributed by atoms with Gasteiger partial charge in [-0.1, -0.05) is 0 Å². The molecule has 1 aliphatic rings. The Kier molecular flexibility index (Phi) is 2.94. The molecular weight excluding hydrogens is 254 g/mol. The molecule has 1 aromatic heterocycles. The lowest BCUT2D eigenvalue weighted by Crippen LogP contribution is -2.47. The minimum Gasteiger partial charge on any atom is -0.454 e. The Morgan fingerprint density at radius 1 is 1.30 bits per heavy atom. The van der Waals surface area contributed by atoms with Crippen molar-refractivity contribution in [1.82, 2.24) is 4.98 Å². The lowest BCUT2D eigenvalue weighted by atomic mass is 10.0. The summed E-state index contributed by atoms with van der Waals surface area (Å²) in [4.78, 5) is 6.63. The first-order valence-electron chi connectivity index (χ1n) is 6.65. The summed E-state index contributed by atoms with van der Waals surface area (Å²) in [6.45, 7) is 5.02. The van der Waals surface area contributed by atoms with Crippen molar-refractivity contribution in [2.24, 2.45) is 5.73 Å². The van der Waals surface area contributed by atoms with Crippen molar-refractivity contribution in [2.75, 3.05) is 25.3 Å². The van der Waals surface area contributed by atoms with Gasteiger partial charge in [-0.2, -0.15) is 0 Å². The van der Waals surface area contributed by atoms with Crippen molar-refractivity contribution in [1.29, 1.82) is 0 Å². The van der Waals surface area contributed by atoms with Crippen molar-refractivity contribution in [2.45, 2.75) is 19.4 Å². The third-order valence-electron chi connectivity index (χ3n) is 3.96. The number of anilines is 1. The maximum Gasteiger partial charge on any atom is 0.231 e. The average Bonchev–Trinajstić information content (AvgIpc) is 2.90. The molecule has 2 heterocycles. The Morgan fingerprint density at radius 3 is 2.70 bits per heavy atom. The molecule has 0 saturated heterocycles. The molecule has 106 valence electrons. The van der Waals surface area contributed by atoms with Crippen LogP contribution in [0.15, 0.2) is 24.4 Å². The molecule has 0 atom stereocenters. The van der Waals surface area contributed by atoms with E-state index in [-0.39, 0.29) is 12.3 Å². The SMILES string of the molecule is CN(c1nccc2cc3c(cc12)OCO3)C(C)(C)CN. The molecule has 3 rings (SSSR count). The fourth-order valence-electron chi connectivity index (χ4n) is 2.24. The number of hydrogen-bond donors (Lipinski definition) is 1. The highest BCUT2D eigenvalue weighted by Crippen LogP contribution is 2.39. The molecule has 0 radical (unpaired) electrons. The summed E-state index contributed by atoms with van der Waals surface area (Å²) >= 11 is 0. The fraction of sp³-hybridized carbons (Fsp3) is 0.400. The van der Waals surface area contributed by atoms with Crippen LogP contribution in [-0.4, -0.2) is 30.9 Å². The van der Waals surface area contributed by atoms with Gasteiger partial charge in [0.2, 0.25) is 6.79 Å². The standard InChI is InChI=1S/C15H19N3O2/c1-15(2,8-16)18(3)14-11-7-13-12(19-9-20-13)6-10(11)4-5-17-14/h4-7H,8-9,16H2,1-3H3. The first-order valence-corrected chi connectivity index (χ1v) is 6.65. The lowest BCUT2D eigenvalue weighted by Gasteiger charge is -2.36. The predicted octanol–water partition coefficient (Wildman–Crippen LogP) is 2.14. The molecule has 2 N–H and O–H groups in total. The van der Waals surface area contributed by atoms with E-state index in [0.717, 1.165) is 28.1 Å². The van der Waals surface area contributed by atoms with Gasteiger partial charge in [-0.15, -0.1) is 0 Å².